The number of carbonyl (C=O) groups excluding carboxylic acids is 1. The Hall–Kier alpha value is -0.530. The van der Waals surface area contributed by atoms with Gasteiger partial charge in [-0.1, -0.05) is 26.7 Å². The molecule has 0 aliphatic heterocycles. The largest absolute Gasteiger partial charge is 0.465 e. The average Bonchev–Trinajstić information content (AvgIpc) is 2.08. The number of carbonyl (C=O) groups is 1. The Bertz CT molecular complexity index is 179. The van der Waals surface area contributed by atoms with Crippen LogP contribution in [-0.4, -0.2) is 12.6 Å². The summed E-state index contributed by atoms with van der Waals surface area (Å²) in [7, 11) is 0. The van der Waals surface area contributed by atoms with Crippen molar-refractivity contribution in [3.63, 3.8) is 0 Å². The van der Waals surface area contributed by atoms with E-state index in [1.54, 1.807) is 0 Å². The maximum absolute atomic E-state index is 10.7. The molecule has 0 bridgehead atoms. The van der Waals surface area contributed by atoms with Gasteiger partial charge in [-0.3, -0.25) is 4.79 Å². The highest BCUT2D eigenvalue weighted by molar-refractivity contribution is 5.65. The third kappa shape index (κ3) is 3.37. The van der Waals surface area contributed by atoms with Crippen molar-refractivity contribution in [3.05, 3.63) is 0 Å². The van der Waals surface area contributed by atoms with Gasteiger partial charge in [-0.25, -0.2) is 0 Å². The average molecular weight is 184 g/mol. The fraction of sp³-hybridized carbons (Fsp3) is 0.909. The third-order valence-corrected chi connectivity index (χ3v) is 3.11. The molecule has 1 aliphatic rings. The Morgan fingerprint density at radius 3 is 2.46 bits per heavy atom. The minimum atomic E-state index is -0.153. The molecule has 1 saturated carbocycles. The Morgan fingerprint density at radius 1 is 1.46 bits per heavy atom. The highest BCUT2D eigenvalue weighted by Gasteiger charge is 2.30. The molecule has 0 unspecified atom stereocenters. The van der Waals surface area contributed by atoms with Gasteiger partial charge in [-0.15, -0.1) is 0 Å². The molecule has 0 atom stereocenters. The second kappa shape index (κ2) is 4.12. The molecule has 2 heteroatoms. The maximum Gasteiger partial charge on any atom is 0.302 e. The standard InChI is InChI=1S/C11H20O2/c1-9-4-6-11(3,7-5-9)8-13-10(2)12/h9H,4-8H2,1-3H3. The lowest BCUT2D eigenvalue weighted by atomic mass is 9.73. The molecule has 0 aromatic heterocycles. The zero-order chi connectivity index (χ0) is 9.90. The van der Waals surface area contributed by atoms with Crippen LogP contribution in [0.3, 0.4) is 0 Å². The lowest BCUT2D eigenvalue weighted by Gasteiger charge is -2.35. The molecule has 0 heterocycles. The van der Waals surface area contributed by atoms with Gasteiger partial charge in [0.05, 0.1) is 6.61 Å². The number of hydrogen-bond donors (Lipinski definition) is 0. The molecule has 0 aromatic carbocycles. The Morgan fingerprint density at radius 2 is 2.00 bits per heavy atom. The van der Waals surface area contributed by atoms with Gasteiger partial charge in [0.2, 0.25) is 0 Å². The van der Waals surface area contributed by atoms with Crippen LogP contribution in [0, 0.1) is 11.3 Å². The van der Waals surface area contributed by atoms with E-state index < -0.39 is 0 Å². The van der Waals surface area contributed by atoms with Gasteiger partial charge in [-0.05, 0) is 18.8 Å². The summed E-state index contributed by atoms with van der Waals surface area (Å²) in [5.74, 6) is 0.699. The third-order valence-electron chi connectivity index (χ3n) is 3.11. The van der Waals surface area contributed by atoms with Gasteiger partial charge in [0.1, 0.15) is 0 Å². The normalized spacial score (nSPS) is 34.2. The molecule has 1 aliphatic carbocycles. The molecule has 0 aromatic rings. The molecule has 76 valence electrons. The molecule has 2 nitrogen and oxygen atoms in total. The molecule has 0 N–H and O–H groups in total. The summed E-state index contributed by atoms with van der Waals surface area (Å²) in [6, 6.07) is 0. The van der Waals surface area contributed by atoms with Crippen LogP contribution in [0.15, 0.2) is 0 Å². The van der Waals surface area contributed by atoms with Crippen molar-refractivity contribution in [2.24, 2.45) is 11.3 Å². The van der Waals surface area contributed by atoms with E-state index in [0.717, 1.165) is 5.92 Å². The van der Waals surface area contributed by atoms with Crippen molar-refractivity contribution in [2.75, 3.05) is 6.61 Å². The molecular formula is C11H20O2. The predicted molar refractivity (Wildman–Crippen MR) is 52.4 cm³/mol. The summed E-state index contributed by atoms with van der Waals surface area (Å²) < 4.78 is 5.08. The molecule has 0 radical (unpaired) electrons. The van der Waals surface area contributed by atoms with E-state index in [4.69, 9.17) is 4.74 Å². The topological polar surface area (TPSA) is 26.3 Å². The van der Waals surface area contributed by atoms with Gasteiger partial charge in [0, 0.05) is 12.3 Å². The van der Waals surface area contributed by atoms with Crippen LogP contribution in [0.1, 0.15) is 46.5 Å². The molecule has 0 saturated heterocycles. The van der Waals surface area contributed by atoms with Crippen molar-refractivity contribution in [2.45, 2.75) is 46.5 Å². The molecular weight excluding hydrogens is 164 g/mol. The van der Waals surface area contributed by atoms with Crippen molar-refractivity contribution in [1.82, 2.24) is 0 Å². The second-order valence-electron chi connectivity index (χ2n) is 4.77. The van der Waals surface area contributed by atoms with Crippen LogP contribution in [0.4, 0.5) is 0 Å². The molecule has 1 fully saturated rings. The Labute approximate surface area is 80.7 Å². The van der Waals surface area contributed by atoms with Gasteiger partial charge in [0.25, 0.3) is 0 Å². The first-order valence-corrected chi connectivity index (χ1v) is 5.15. The zero-order valence-corrected chi connectivity index (χ0v) is 8.93. The molecule has 1 rings (SSSR count). The van der Waals surface area contributed by atoms with Crippen molar-refractivity contribution in [1.29, 1.82) is 0 Å². The quantitative estimate of drug-likeness (QED) is 0.617. The Balaban J connectivity index is 2.34. The van der Waals surface area contributed by atoms with Crippen LogP contribution in [0.2, 0.25) is 0 Å². The zero-order valence-electron chi connectivity index (χ0n) is 8.93. The van der Waals surface area contributed by atoms with E-state index >= 15 is 0 Å². The second-order valence-corrected chi connectivity index (χ2v) is 4.77. The van der Waals surface area contributed by atoms with Gasteiger partial charge < -0.3 is 4.74 Å². The molecule has 0 amide bonds. The van der Waals surface area contributed by atoms with Crippen LogP contribution in [0.25, 0.3) is 0 Å². The van der Waals surface area contributed by atoms with Crippen LogP contribution in [-0.2, 0) is 9.53 Å². The monoisotopic (exact) mass is 184 g/mol. The highest BCUT2D eigenvalue weighted by Crippen LogP contribution is 2.38. The van der Waals surface area contributed by atoms with Gasteiger partial charge in [0.15, 0.2) is 0 Å². The fourth-order valence-corrected chi connectivity index (χ4v) is 1.88. The number of ether oxygens (including phenoxy) is 1. The maximum atomic E-state index is 10.7. The van der Waals surface area contributed by atoms with E-state index in [1.165, 1.54) is 32.6 Å². The van der Waals surface area contributed by atoms with E-state index in [-0.39, 0.29) is 11.4 Å². The summed E-state index contributed by atoms with van der Waals surface area (Å²) in [5, 5.41) is 0. The van der Waals surface area contributed by atoms with Gasteiger partial charge in [-0.2, -0.15) is 0 Å². The van der Waals surface area contributed by atoms with E-state index in [1.807, 2.05) is 0 Å². The number of rotatable bonds is 2. The SMILES string of the molecule is CC(=O)OCC1(C)CCC(C)CC1. The van der Waals surface area contributed by atoms with E-state index in [0.29, 0.717) is 6.61 Å². The minimum Gasteiger partial charge on any atom is -0.465 e. The van der Waals surface area contributed by atoms with Crippen molar-refractivity contribution < 1.29 is 9.53 Å². The highest BCUT2D eigenvalue weighted by atomic mass is 16.5. The summed E-state index contributed by atoms with van der Waals surface area (Å²) >= 11 is 0. The first kappa shape index (κ1) is 10.6. The first-order valence-electron chi connectivity index (χ1n) is 5.15. The van der Waals surface area contributed by atoms with E-state index in [2.05, 4.69) is 13.8 Å². The summed E-state index contributed by atoms with van der Waals surface area (Å²) in [4.78, 5) is 10.7. The van der Waals surface area contributed by atoms with Crippen LogP contribution < -0.4 is 0 Å². The summed E-state index contributed by atoms with van der Waals surface area (Å²) in [5.41, 5.74) is 0.248. The van der Waals surface area contributed by atoms with Crippen LogP contribution in [0.5, 0.6) is 0 Å². The van der Waals surface area contributed by atoms with Gasteiger partial charge >= 0.3 is 5.97 Å². The van der Waals surface area contributed by atoms with E-state index in [9.17, 15) is 4.79 Å². The van der Waals surface area contributed by atoms with Crippen molar-refractivity contribution in [3.8, 4) is 0 Å². The lowest BCUT2D eigenvalue weighted by Crippen LogP contribution is -2.29. The smallest absolute Gasteiger partial charge is 0.302 e. The Kier molecular flexibility index (Phi) is 3.34. The fourth-order valence-electron chi connectivity index (χ4n) is 1.88. The first-order chi connectivity index (χ1) is 6.02. The number of esters is 1. The molecule has 13 heavy (non-hydrogen) atoms. The number of hydrogen-bond acceptors (Lipinski definition) is 2. The predicted octanol–water partition coefficient (Wildman–Crippen LogP) is 2.77. The molecule has 0 spiro atoms. The summed E-state index contributed by atoms with van der Waals surface area (Å²) in [6.45, 7) is 6.61. The minimum absolute atomic E-state index is 0.153. The summed E-state index contributed by atoms with van der Waals surface area (Å²) in [6.07, 6.45) is 4.94. The van der Waals surface area contributed by atoms with Crippen molar-refractivity contribution >= 4 is 5.97 Å². The lowest BCUT2D eigenvalue weighted by molar-refractivity contribution is -0.145. The van der Waals surface area contributed by atoms with Crippen LogP contribution >= 0.6 is 0 Å².